The van der Waals surface area contributed by atoms with Crippen molar-refractivity contribution in [3.63, 3.8) is 0 Å². The summed E-state index contributed by atoms with van der Waals surface area (Å²) in [4.78, 5) is 10.7. The second kappa shape index (κ2) is 7.58. The van der Waals surface area contributed by atoms with Crippen LogP contribution in [-0.4, -0.2) is 46.2 Å². The van der Waals surface area contributed by atoms with Crippen LogP contribution >= 0.6 is 0 Å². The number of likely N-dealkylation sites (tertiary alicyclic amines) is 1. The van der Waals surface area contributed by atoms with Gasteiger partial charge in [-0.2, -0.15) is 0 Å². The Morgan fingerprint density at radius 2 is 1.92 bits per heavy atom. The molecule has 1 aliphatic carbocycles. The molecule has 1 aliphatic heterocycles. The van der Waals surface area contributed by atoms with Gasteiger partial charge in [0.15, 0.2) is 0 Å². The molecule has 1 aromatic heterocycles. The van der Waals surface area contributed by atoms with Gasteiger partial charge in [0.05, 0.1) is 6.54 Å². The number of halogens is 1. The Bertz CT molecular complexity index is 693. The molecule has 0 bridgehead atoms. The molecule has 1 fully saturated rings. The van der Waals surface area contributed by atoms with E-state index in [9.17, 15) is 4.39 Å². The summed E-state index contributed by atoms with van der Waals surface area (Å²) in [6, 6.07) is 11.2. The maximum Gasteiger partial charge on any atom is 0.142 e. The van der Waals surface area contributed by atoms with Gasteiger partial charge in [-0.05, 0) is 42.9 Å². The number of aromatic nitrogens is 2. The third-order valence-corrected chi connectivity index (χ3v) is 5.43. The third-order valence-electron chi connectivity index (χ3n) is 5.43. The van der Waals surface area contributed by atoms with Crippen LogP contribution in [0, 0.1) is 0 Å². The molecule has 2 aromatic rings. The maximum atomic E-state index is 14.0. The molecule has 1 N–H and O–H groups in total. The predicted octanol–water partition coefficient (Wildman–Crippen LogP) is 2.54. The van der Waals surface area contributed by atoms with E-state index < -0.39 is 6.17 Å². The van der Waals surface area contributed by atoms with Crippen LogP contribution in [0.15, 0.2) is 42.7 Å². The van der Waals surface area contributed by atoms with Crippen LogP contribution in [0.3, 0.4) is 0 Å². The summed E-state index contributed by atoms with van der Waals surface area (Å²) in [6.45, 7) is 1.94. The molecule has 0 amide bonds. The highest BCUT2D eigenvalue weighted by molar-refractivity contribution is 5.30. The molecule has 1 saturated heterocycles. The van der Waals surface area contributed by atoms with Gasteiger partial charge in [-0.1, -0.05) is 24.3 Å². The quantitative estimate of drug-likeness (QED) is 0.908. The second-order valence-electron chi connectivity index (χ2n) is 7.20. The highest BCUT2D eigenvalue weighted by atomic mass is 19.1. The lowest BCUT2D eigenvalue weighted by Gasteiger charge is -2.29. The number of nitrogens with one attached hydrogen (secondary N) is 1. The van der Waals surface area contributed by atoms with E-state index in [1.807, 2.05) is 6.07 Å². The largest absolute Gasteiger partial charge is 0.312 e. The van der Waals surface area contributed by atoms with E-state index in [1.165, 1.54) is 11.1 Å². The fraction of sp³-hybridized carbons (Fsp3) is 0.500. The first-order chi connectivity index (χ1) is 12.3. The van der Waals surface area contributed by atoms with Gasteiger partial charge in [0.1, 0.15) is 12.0 Å². The number of alkyl halides is 1. The summed E-state index contributed by atoms with van der Waals surface area (Å²) in [6.07, 6.45) is 6.71. The van der Waals surface area contributed by atoms with E-state index in [1.54, 1.807) is 12.4 Å². The molecule has 3 atom stereocenters. The number of benzene rings is 1. The Kier molecular flexibility index (Phi) is 5.04. The second-order valence-corrected chi connectivity index (χ2v) is 7.20. The molecule has 5 heteroatoms. The standard InChI is InChI=1S/C20H25FN4/c21-17-11-19(25(13-17)14-20-22-8-3-9-23-20)12-24-18-7-6-15-4-1-2-5-16(15)10-18/h1-5,8-9,17-19,24H,6-7,10-14H2/t17-,18?,19-/m0/s1. The Balaban J connectivity index is 1.33. The smallest absolute Gasteiger partial charge is 0.142 e. The van der Waals surface area contributed by atoms with E-state index in [0.717, 1.165) is 31.6 Å². The molecule has 1 unspecified atom stereocenters. The lowest BCUT2D eigenvalue weighted by atomic mass is 9.88. The summed E-state index contributed by atoms with van der Waals surface area (Å²) in [5.41, 5.74) is 2.93. The lowest BCUT2D eigenvalue weighted by Crippen LogP contribution is -2.43. The number of fused-ring (bicyclic) bond motifs is 1. The van der Waals surface area contributed by atoms with Gasteiger partial charge in [-0.15, -0.1) is 0 Å². The van der Waals surface area contributed by atoms with Gasteiger partial charge in [0, 0.05) is 37.6 Å². The normalized spacial score (nSPS) is 26.5. The van der Waals surface area contributed by atoms with Crippen molar-refractivity contribution in [3.05, 3.63) is 59.7 Å². The Labute approximate surface area is 148 Å². The van der Waals surface area contributed by atoms with Gasteiger partial charge >= 0.3 is 0 Å². The van der Waals surface area contributed by atoms with Crippen molar-refractivity contribution in [3.8, 4) is 0 Å². The van der Waals surface area contributed by atoms with Crippen LogP contribution in [0.2, 0.25) is 0 Å². The molecular formula is C20H25FN4. The van der Waals surface area contributed by atoms with Crippen LogP contribution in [0.4, 0.5) is 4.39 Å². The molecule has 4 nitrogen and oxygen atoms in total. The average molecular weight is 340 g/mol. The monoisotopic (exact) mass is 340 g/mol. The highest BCUT2D eigenvalue weighted by Gasteiger charge is 2.33. The number of nitrogens with zero attached hydrogens (tertiary/aromatic N) is 3. The summed E-state index contributed by atoms with van der Waals surface area (Å²) in [7, 11) is 0. The summed E-state index contributed by atoms with van der Waals surface area (Å²) >= 11 is 0. The van der Waals surface area contributed by atoms with Gasteiger partial charge in [-0.3, -0.25) is 4.90 Å². The minimum absolute atomic E-state index is 0.218. The van der Waals surface area contributed by atoms with E-state index in [-0.39, 0.29) is 6.04 Å². The van der Waals surface area contributed by atoms with Crippen molar-refractivity contribution in [2.75, 3.05) is 13.1 Å². The number of hydrogen-bond donors (Lipinski definition) is 1. The maximum absolute atomic E-state index is 14.0. The van der Waals surface area contributed by atoms with Crippen LogP contribution in [-0.2, 0) is 19.4 Å². The topological polar surface area (TPSA) is 41.0 Å². The minimum Gasteiger partial charge on any atom is -0.312 e. The zero-order valence-electron chi connectivity index (χ0n) is 14.4. The Morgan fingerprint density at radius 3 is 2.76 bits per heavy atom. The average Bonchev–Trinajstić information content (AvgIpc) is 3.00. The van der Waals surface area contributed by atoms with Crippen molar-refractivity contribution in [1.82, 2.24) is 20.2 Å². The van der Waals surface area contributed by atoms with Crippen molar-refractivity contribution in [2.24, 2.45) is 0 Å². The molecular weight excluding hydrogens is 315 g/mol. The molecule has 2 heterocycles. The van der Waals surface area contributed by atoms with Crippen molar-refractivity contribution in [1.29, 1.82) is 0 Å². The molecule has 0 radical (unpaired) electrons. The van der Waals surface area contributed by atoms with Gasteiger partial charge in [0.25, 0.3) is 0 Å². The van der Waals surface area contributed by atoms with Gasteiger partial charge in [0.2, 0.25) is 0 Å². The summed E-state index contributed by atoms with van der Waals surface area (Å²) < 4.78 is 14.0. The molecule has 25 heavy (non-hydrogen) atoms. The van der Waals surface area contributed by atoms with Crippen LogP contribution in [0.1, 0.15) is 29.8 Å². The minimum atomic E-state index is -0.748. The lowest BCUT2D eigenvalue weighted by molar-refractivity contribution is 0.219. The van der Waals surface area contributed by atoms with Crippen LogP contribution in [0.5, 0.6) is 0 Å². The van der Waals surface area contributed by atoms with Crippen LogP contribution < -0.4 is 5.32 Å². The molecule has 132 valence electrons. The molecule has 1 aromatic carbocycles. The number of rotatable bonds is 5. The van der Waals surface area contributed by atoms with Crippen molar-refractivity contribution >= 4 is 0 Å². The summed E-state index contributed by atoms with van der Waals surface area (Å²) in [5.74, 6) is 0.771. The number of aryl methyl sites for hydroxylation is 1. The molecule has 4 rings (SSSR count). The first kappa shape index (κ1) is 16.6. The third kappa shape index (κ3) is 4.05. The Morgan fingerprint density at radius 1 is 1.12 bits per heavy atom. The first-order valence-corrected chi connectivity index (χ1v) is 9.22. The Hall–Kier alpha value is -1.85. The summed E-state index contributed by atoms with van der Waals surface area (Å²) in [5, 5.41) is 3.69. The predicted molar refractivity (Wildman–Crippen MR) is 96.0 cm³/mol. The van der Waals surface area contributed by atoms with E-state index in [2.05, 4.69) is 44.5 Å². The van der Waals surface area contributed by atoms with Crippen molar-refractivity contribution in [2.45, 2.75) is 50.5 Å². The first-order valence-electron chi connectivity index (χ1n) is 9.22. The van der Waals surface area contributed by atoms with Gasteiger partial charge < -0.3 is 5.32 Å². The molecule has 2 aliphatic rings. The molecule has 0 spiro atoms. The van der Waals surface area contributed by atoms with E-state index in [0.29, 0.717) is 25.6 Å². The van der Waals surface area contributed by atoms with Gasteiger partial charge in [-0.25, -0.2) is 14.4 Å². The SMILES string of the molecule is F[C@H]1C[C@@H](CNC2CCc3ccccc3C2)N(Cc2ncccn2)C1. The fourth-order valence-corrected chi connectivity index (χ4v) is 4.10. The van der Waals surface area contributed by atoms with E-state index in [4.69, 9.17) is 0 Å². The molecule has 0 saturated carbocycles. The number of hydrogen-bond acceptors (Lipinski definition) is 4. The van der Waals surface area contributed by atoms with E-state index >= 15 is 0 Å². The fourth-order valence-electron chi connectivity index (χ4n) is 4.10. The zero-order chi connectivity index (χ0) is 17.1. The highest BCUT2D eigenvalue weighted by Crippen LogP contribution is 2.24. The zero-order valence-corrected chi connectivity index (χ0v) is 14.4. The van der Waals surface area contributed by atoms with Crippen LogP contribution in [0.25, 0.3) is 0 Å². The van der Waals surface area contributed by atoms with Crippen molar-refractivity contribution < 1.29 is 4.39 Å².